The van der Waals surface area contributed by atoms with Gasteiger partial charge >= 0.3 is 0 Å². The molecule has 1 saturated heterocycles. The van der Waals surface area contributed by atoms with Crippen LogP contribution in [0.2, 0.25) is 0 Å². The maximum atomic E-state index is 11.8. The highest BCUT2D eigenvalue weighted by Crippen LogP contribution is 2.49. The molecule has 5 rings (SSSR count). The summed E-state index contributed by atoms with van der Waals surface area (Å²) in [6, 6.07) is 16.2. The van der Waals surface area contributed by atoms with E-state index in [-0.39, 0.29) is 12.0 Å². The molecule has 0 aliphatic carbocycles. The fraction of sp³-hybridized carbons (Fsp3) is 0.350. The number of hydrogen-bond donors (Lipinski definition) is 1. The molecule has 0 saturated carbocycles. The summed E-state index contributed by atoms with van der Waals surface area (Å²) < 4.78 is 11.0. The third kappa shape index (κ3) is 2.47. The van der Waals surface area contributed by atoms with Crippen LogP contribution in [0.1, 0.15) is 17.5 Å². The van der Waals surface area contributed by atoms with Crippen molar-refractivity contribution in [2.24, 2.45) is 4.99 Å². The predicted molar refractivity (Wildman–Crippen MR) is 102 cm³/mol. The molecular weight excluding hydrogens is 348 g/mol. The number of rotatable bonds is 4. The highest BCUT2D eigenvalue weighted by atomic mass is 32.2. The molecule has 2 aromatic carbocycles. The van der Waals surface area contributed by atoms with Crippen LogP contribution in [0.5, 0.6) is 11.5 Å². The Bertz CT molecular complexity index is 857. The van der Waals surface area contributed by atoms with Crippen LogP contribution in [0, 0.1) is 0 Å². The van der Waals surface area contributed by atoms with Gasteiger partial charge in [-0.3, -0.25) is 4.99 Å². The van der Waals surface area contributed by atoms with Crippen molar-refractivity contribution in [1.82, 2.24) is 4.90 Å². The zero-order valence-electron chi connectivity index (χ0n) is 14.3. The van der Waals surface area contributed by atoms with E-state index in [2.05, 4.69) is 29.3 Å². The van der Waals surface area contributed by atoms with Crippen LogP contribution < -0.4 is 9.47 Å². The first kappa shape index (κ1) is 16.0. The molecule has 5 nitrogen and oxygen atoms in total. The zero-order valence-corrected chi connectivity index (χ0v) is 15.1. The van der Waals surface area contributed by atoms with Crippen molar-refractivity contribution in [3.63, 3.8) is 0 Å². The summed E-state index contributed by atoms with van der Waals surface area (Å²) in [5.41, 5.74) is 1.06. The summed E-state index contributed by atoms with van der Waals surface area (Å²) in [4.78, 5) is 6.63. The maximum absolute atomic E-state index is 11.8. The molecule has 3 aliphatic rings. The number of aliphatic imine (C=N–C) groups is 1. The van der Waals surface area contributed by atoms with Crippen molar-refractivity contribution in [1.29, 1.82) is 0 Å². The Morgan fingerprint density at radius 1 is 1.15 bits per heavy atom. The first-order valence-corrected chi connectivity index (χ1v) is 9.78. The molecule has 3 aliphatic heterocycles. The Labute approximate surface area is 156 Å². The van der Waals surface area contributed by atoms with Crippen molar-refractivity contribution < 1.29 is 14.6 Å². The number of fused-ring (bicyclic) bond motifs is 2. The van der Waals surface area contributed by atoms with Crippen molar-refractivity contribution in [3.05, 3.63) is 59.7 Å². The highest BCUT2D eigenvalue weighted by Gasteiger charge is 2.53. The highest BCUT2D eigenvalue weighted by molar-refractivity contribution is 8.14. The fourth-order valence-electron chi connectivity index (χ4n) is 3.90. The van der Waals surface area contributed by atoms with Crippen molar-refractivity contribution in [3.8, 4) is 11.5 Å². The quantitative estimate of drug-likeness (QED) is 0.899. The Morgan fingerprint density at radius 3 is 2.88 bits per heavy atom. The summed E-state index contributed by atoms with van der Waals surface area (Å²) in [5, 5.41) is 12.8. The lowest BCUT2D eigenvalue weighted by Crippen LogP contribution is -2.48. The van der Waals surface area contributed by atoms with Gasteiger partial charge in [-0.05, 0) is 30.5 Å². The average Bonchev–Trinajstić information content (AvgIpc) is 3.38. The van der Waals surface area contributed by atoms with E-state index in [1.807, 2.05) is 29.2 Å². The van der Waals surface area contributed by atoms with Crippen LogP contribution in [-0.2, 0) is 12.1 Å². The average molecular weight is 368 g/mol. The largest absolute Gasteiger partial charge is 0.454 e. The van der Waals surface area contributed by atoms with Crippen LogP contribution in [0.15, 0.2) is 53.5 Å². The van der Waals surface area contributed by atoms with Gasteiger partial charge in [-0.15, -0.1) is 0 Å². The number of aryl methyl sites for hydroxylation is 1. The van der Waals surface area contributed by atoms with E-state index in [0.29, 0.717) is 5.75 Å². The fourth-order valence-corrected chi connectivity index (χ4v) is 5.34. The van der Waals surface area contributed by atoms with E-state index >= 15 is 0 Å². The second-order valence-corrected chi connectivity index (χ2v) is 7.91. The van der Waals surface area contributed by atoms with Gasteiger partial charge in [0.05, 0.1) is 11.8 Å². The number of ether oxygens (including phenoxy) is 2. The first-order chi connectivity index (χ1) is 12.7. The molecule has 134 valence electrons. The van der Waals surface area contributed by atoms with E-state index in [9.17, 15) is 5.11 Å². The second kappa shape index (κ2) is 6.21. The first-order valence-electron chi connectivity index (χ1n) is 8.90. The van der Waals surface area contributed by atoms with Gasteiger partial charge in [0.1, 0.15) is 0 Å². The van der Waals surface area contributed by atoms with Gasteiger partial charge in [0.2, 0.25) is 6.79 Å². The van der Waals surface area contributed by atoms with E-state index in [1.165, 1.54) is 5.56 Å². The monoisotopic (exact) mass is 368 g/mol. The van der Waals surface area contributed by atoms with E-state index < -0.39 is 5.72 Å². The van der Waals surface area contributed by atoms with Gasteiger partial charge in [0.15, 0.2) is 22.4 Å². The van der Waals surface area contributed by atoms with Crippen molar-refractivity contribution in [2.75, 3.05) is 19.9 Å². The number of amidine groups is 1. The summed E-state index contributed by atoms with van der Waals surface area (Å²) in [5.74, 6) is 1.44. The van der Waals surface area contributed by atoms with Gasteiger partial charge in [0, 0.05) is 12.1 Å². The molecule has 2 aromatic rings. The number of hydrogen-bond acceptors (Lipinski definition) is 6. The summed E-state index contributed by atoms with van der Waals surface area (Å²) in [7, 11) is 0. The van der Waals surface area contributed by atoms with E-state index in [0.717, 1.165) is 42.4 Å². The van der Waals surface area contributed by atoms with Crippen LogP contribution in [-0.4, -0.2) is 40.3 Å². The summed E-state index contributed by atoms with van der Waals surface area (Å²) >= 11 is 1.69. The van der Waals surface area contributed by atoms with E-state index in [4.69, 9.17) is 9.47 Å². The zero-order chi connectivity index (χ0) is 17.6. The van der Waals surface area contributed by atoms with Crippen molar-refractivity contribution >= 4 is 16.9 Å². The van der Waals surface area contributed by atoms with Gasteiger partial charge in [-0.1, -0.05) is 48.2 Å². The molecule has 2 unspecified atom stereocenters. The molecule has 0 amide bonds. The smallest absolute Gasteiger partial charge is 0.231 e. The SMILES string of the molecule is OC1(c2ccc3c(c2)OCO3)C(CCc2ccccc2)SC2=NCCN21. The molecule has 0 bridgehead atoms. The normalized spacial score (nSPS) is 26.1. The number of aliphatic hydroxyl groups is 1. The Kier molecular flexibility index (Phi) is 3.83. The Hall–Kier alpha value is -2.18. The van der Waals surface area contributed by atoms with E-state index in [1.54, 1.807) is 11.8 Å². The van der Waals surface area contributed by atoms with Gasteiger partial charge in [0.25, 0.3) is 0 Å². The standard InChI is InChI=1S/C20H20N2O3S/c23-20(15-7-8-16-17(12-15)25-13-24-16)18(26-19-21-10-11-22(19)20)9-6-14-4-2-1-3-5-14/h1-5,7-8,12,18,23H,6,9-11,13H2. The minimum atomic E-state index is -1.07. The molecule has 3 heterocycles. The molecule has 0 aromatic heterocycles. The minimum absolute atomic E-state index is 0.0159. The predicted octanol–water partition coefficient (Wildman–Crippen LogP) is 2.98. The topological polar surface area (TPSA) is 54.3 Å². The van der Waals surface area contributed by atoms with Crippen molar-refractivity contribution in [2.45, 2.75) is 23.8 Å². The molecule has 1 N–H and O–H groups in total. The molecule has 2 atom stereocenters. The van der Waals surface area contributed by atoms with Gasteiger partial charge in [-0.25, -0.2) is 0 Å². The molecule has 26 heavy (non-hydrogen) atoms. The number of nitrogens with zero attached hydrogens (tertiary/aromatic N) is 2. The van der Waals surface area contributed by atoms with Crippen LogP contribution in [0.3, 0.4) is 0 Å². The molecule has 0 spiro atoms. The molecule has 6 heteroatoms. The number of benzene rings is 2. The summed E-state index contributed by atoms with van der Waals surface area (Å²) in [6.07, 6.45) is 1.79. The third-order valence-corrected chi connectivity index (χ3v) is 6.65. The lowest BCUT2D eigenvalue weighted by molar-refractivity contribution is -0.0672. The van der Waals surface area contributed by atoms with Crippen LogP contribution >= 0.6 is 11.8 Å². The van der Waals surface area contributed by atoms with Crippen LogP contribution in [0.4, 0.5) is 0 Å². The molecule has 0 radical (unpaired) electrons. The lowest BCUT2D eigenvalue weighted by atomic mass is 9.93. The molecular formula is C20H20N2O3S. The second-order valence-electron chi connectivity index (χ2n) is 6.74. The van der Waals surface area contributed by atoms with Gasteiger partial charge in [-0.2, -0.15) is 0 Å². The van der Waals surface area contributed by atoms with Gasteiger partial charge < -0.3 is 19.5 Å². The van der Waals surface area contributed by atoms with Crippen LogP contribution in [0.25, 0.3) is 0 Å². The third-order valence-electron chi connectivity index (χ3n) is 5.25. The number of thioether (sulfide) groups is 1. The minimum Gasteiger partial charge on any atom is -0.454 e. The maximum Gasteiger partial charge on any atom is 0.231 e. The summed E-state index contributed by atoms with van der Waals surface area (Å²) in [6.45, 7) is 1.72. The molecule has 1 fully saturated rings. The Morgan fingerprint density at radius 2 is 2.00 bits per heavy atom. The lowest BCUT2D eigenvalue weighted by Gasteiger charge is -2.36. The Balaban J connectivity index is 1.47.